The molecule has 1 aliphatic heterocycles. The van der Waals surface area contributed by atoms with Crippen LogP contribution in [0.3, 0.4) is 0 Å². The molecular formula is C12H13F3N2O3. The van der Waals surface area contributed by atoms with Crippen LogP contribution in [0.25, 0.3) is 0 Å². The number of nitro groups is 1. The molecule has 5 nitrogen and oxygen atoms in total. The average Bonchev–Trinajstić information content (AvgIpc) is 2.88. The summed E-state index contributed by atoms with van der Waals surface area (Å²) < 4.78 is 42.9. The molecule has 20 heavy (non-hydrogen) atoms. The molecule has 1 fully saturated rings. The third kappa shape index (κ3) is 3.38. The predicted molar refractivity (Wildman–Crippen MR) is 65.6 cm³/mol. The maximum atomic E-state index is 12.5. The van der Waals surface area contributed by atoms with Crippen molar-refractivity contribution in [3.8, 4) is 0 Å². The van der Waals surface area contributed by atoms with E-state index in [2.05, 4.69) is 5.32 Å². The standard InChI is InChI=1S/C12H13F3N2O3/c13-12(14,15)8-3-4-10(11(6-8)17(18)19)16-7-9-2-1-5-20-9/h3-4,6,9,16H,1-2,5,7H2/t9-/m1/s1. The van der Waals surface area contributed by atoms with Gasteiger partial charge in [-0.25, -0.2) is 0 Å². The summed E-state index contributed by atoms with van der Waals surface area (Å²) in [7, 11) is 0. The second-order valence-electron chi connectivity index (χ2n) is 4.50. The lowest BCUT2D eigenvalue weighted by Crippen LogP contribution is -2.19. The van der Waals surface area contributed by atoms with Gasteiger partial charge in [-0.2, -0.15) is 13.2 Å². The molecule has 2 rings (SSSR count). The minimum atomic E-state index is -4.60. The maximum absolute atomic E-state index is 12.5. The van der Waals surface area contributed by atoms with Crippen LogP contribution in [0.4, 0.5) is 24.5 Å². The van der Waals surface area contributed by atoms with E-state index in [1.807, 2.05) is 0 Å². The highest BCUT2D eigenvalue weighted by atomic mass is 19.4. The monoisotopic (exact) mass is 290 g/mol. The number of anilines is 1. The summed E-state index contributed by atoms with van der Waals surface area (Å²) in [6, 6.07) is 2.44. The van der Waals surface area contributed by atoms with Gasteiger partial charge < -0.3 is 10.1 Å². The van der Waals surface area contributed by atoms with Crippen LogP contribution in [0.15, 0.2) is 18.2 Å². The molecule has 1 aromatic carbocycles. The number of alkyl halides is 3. The summed E-state index contributed by atoms with van der Waals surface area (Å²) in [4.78, 5) is 10.0. The van der Waals surface area contributed by atoms with Crippen molar-refractivity contribution >= 4 is 11.4 Å². The van der Waals surface area contributed by atoms with Crippen LogP contribution < -0.4 is 5.32 Å². The number of nitro benzene ring substituents is 1. The Morgan fingerprint density at radius 2 is 2.20 bits per heavy atom. The molecular weight excluding hydrogens is 277 g/mol. The lowest BCUT2D eigenvalue weighted by Gasteiger charge is -2.13. The number of hydrogen-bond acceptors (Lipinski definition) is 4. The van der Waals surface area contributed by atoms with Crippen molar-refractivity contribution in [3.05, 3.63) is 33.9 Å². The SMILES string of the molecule is O=[N+]([O-])c1cc(C(F)(F)F)ccc1NC[C@H]1CCCO1. The highest BCUT2D eigenvalue weighted by molar-refractivity contribution is 5.63. The molecule has 0 spiro atoms. The van der Waals surface area contributed by atoms with Crippen LogP contribution in [0.2, 0.25) is 0 Å². The topological polar surface area (TPSA) is 64.4 Å². The third-order valence-electron chi connectivity index (χ3n) is 3.07. The van der Waals surface area contributed by atoms with Crippen LogP contribution in [0, 0.1) is 10.1 Å². The van der Waals surface area contributed by atoms with Gasteiger partial charge >= 0.3 is 6.18 Å². The summed E-state index contributed by atoms with van der Waals surface area (Å²) in [6.07, 6.45) is -2.90. The lowest BCUT2D eigenvalue weighted by atomic mass is 10.1. The van der Waals surface area contributed by atoms with Crippen molar-refractivity contribution in [3.63, 3.8) is 0 Å². The van der Waals surface area contributed by atoms with Crippen molar-refractivity contribution < 1.29 is 22.8 Å². The number of hydrogen-bond donors (Lipinski definition) is 1. The Hall–Kier alpha value is -1.83. The Morgan fingerprint density at radius 1 is 1.45 bits per heavy atom. The molecule has 1 N–H and O–H groups in total. The van der Waals surface area contributed by atoms with Gasteiger partial charge in [0.15, 0.2) is 0 Å². The Kier molecular flexibility index (Phi) is 4.12. The van der Waals surface area contributed by atoms with Crippen LogP contribution in [0.5, 0.6) is 0 Å². The number of ether oxygens (including phenoxy) is 1. The fourth-order valence-electron chi connectivity index (χ4n) is 2.04. The van der Waals surface area contributed by atoms with Crippen LogP contribution >= 0.6 is 0 Å². The number of benzene rings is 1. The van der Waals surface area contributed by atoms with E-state index in [0.717, 1.165) is 25.0 Å². The number of nitrogens with zero attached hydrogens (tertiary/aromatic N) is 1. The molecule has 0 saturated carbocycles. The van der Waals surface area contributed by atoms with Gasteiger partial charge in [0.05, 0.1) is 16.6 Å². The molecule has 110 valence electrons. The first-order valence-corrected chi connectivity index (χ1v) is 6.09. The lowest BCUT2D eigenvalue weighted by molar-refractivity contribution is -0.384. The molecule has 0 unspecified atom stereocenters. The predicted octanol–water partition coefficient (Wildman–Crippen LogP) is 3.20. The van der Waals surface area contributed by atoms with Crippen LogP contribution in [0.1, 0.15) is 18.4 Å². The van der Waals surface area contributed by atoms with Gasteiger partial charge in [-0.05, 0) is 25.0 Å². The largest absolute Gasteiger partial charge is 0.416 e. The van der Waals surface area contributed by atoms with E-state index in [9.17, 15) is 23.3 Å². The van der Waals surface area contributed by atoms with E-state index in [-0.39, 0.29) is 11.8 Å². The second kappa shape index (κ2) is 5.66. The summed E-state index contributed by atoms with van der Waals surface area (Å²) in [5.41, 5.74) is -1.55. The zero-order valence-electron chi connectivity index (χ0n) is 10.4. The first-order chi connectivity index (χ1) is 9.38. The summed E-state index contributed by atoms with van der Waals surface area (Å²) in [5, 5.41) is 13.6. The van der Waals surface area contributed by atoms with Gasteiger partial charge in [0.1, 0.15) is 5.69 Å². The smallest absolute Gasteiger partial charge is 0.377 e. The Morgan fingerprint density at radius 3 is 2.75 bits per heavy atom. The van der Waals surface area contributed by atoms with Crippen molar-refractivity contribution in [1.29, 1.82) is 0 Å². The van der Waals surface area contributed by atoms with Gasteiger partial charge in [-0.1, -0.05) is 0 Å². The van der Waals surface area contributed by atoms with Crippen molar-refractivity contribution in [2.75, 3.05) is 18.5 Å². The fraction of sp³-hybridized carbons (Fsp3) is 0.500. The fourth-order valence-corrected chi connectivity index (χ4v) is 2.04. The third-order valence-corrected chi connectivity index (χ3v) is 3.07. The minimum Gasteiger partial charge on any atom is -0.377 e. The molecule has 1 aliphatic rings. The van der Waals surface area contributed by atoms with Gasteiger partial charge in [0.25, 0.3) is 5.69 Å². The number of nitrogens with one attached hydrogen (secondary N) is 1. The normalized spacial score (nSPS) is 19.1. The van der Waals surface area contributed by atoms with E-state index in [1.165, 1.54) is 0 Å². The Balaban J connectivity index is 2.17. The molecule has 0 bridgehead atoms. The highest BCUT2D eigenvalue weighted by Crippen LogP contribution is 2.35. The van der Waals surface area contributed by atoms with E-state index in [0.29, 0.717) is 19.2 Å². The number of halogens is 3. The summed E-state index contributed by atoms with van der Waals surface area (Å²) in [5.74, 6) is 0. The number of rotatable bonds is 4. The van der Waals surface area contributed by atoms with Crippen molar-refractivity contribution in [1.82, 2.24) is 0 Å². The molecule has 1 saturated heterocycles. The summed E-state index contributed by atoms with van der Waals surface area (Å²) in [6.45, 7) is 0.980. The van der Waals surface area contributed by atoms with Crippen molar-refractivity contribution in [2.24, 2.45) is 0 Å². The minimum absolute atomic E-state index is 0.0584. The zero-order valence-corrected chi connectivity index (χ0v) is 10.4. The highest BCUT2D eigenvalue weighted by Gasteiger charge is 2.33. The van der Waals surface area contributed by atoms with Gasteiger partial charge in [0.2, 0.25) is 0 Å². The van der Waals surface area contributed by atoms with Crippen molar-refractivity contribution in [2.45, 2.75) is 25.1 Å². The van der Waals surface area contributed by atoms with Gasteiger partial charge in [0, 0.05) is 19.2 Å². The summed E-state index contributed by atoms with van der Waals surface area (Å²) >= 11 is 0. The average molecular weight is 290 g/mol. The molecule has 0 aromatic heterocycles. The van der Waals surface area contributed by atoms with E-state index >= 15 is 0 Å². The van der Waals surface area contributed by atoms with E-state index in [4.69, 9.17) is 4.74 Å². The first kappa shape index (κ1) is 14.6. The van der Waals surface area contributed by atoms with Crippen LogP contribution in [-0.4, -0.2) is 24.2 Å². The molecule has 0 aliphatic carbocycles. The van der Waals surface area contributed by atoms with Gasteiger partial charge in [-0.15, -0.1) is 0 Å². The Labute approximate surface area is 112 Å². The van der Waals surface area contributed by atoms with Gasteiger partial charge in [-0.3, -0.25) is 10.1 Å². The zero-order chi connectivity index (χ0) is 14.8. The molecule has 0 amide bonds. The molecule has 1 atom stereocenters. The van der Waals surface area contributed by atoms with Crippen LogP contribution in [-0.2, 0) is 10.9 Å². The molecule has 0 radical (unpaired) electrons. The quantitative estimate of drug-likeness (QED) is 0.683. The first-order valence-electron chi connectivity index (χ1n) is 6.09. The maximum Gasteiger partial charge on any atom is 0.416 e. The molecule has 8 heteroatoms. The molecule has 1 aromatic rings. The second-order valence-corrected chi connectivity index (χ2v) is 4.50. The van der Waals surface area contributed by atoms with E-state index < -0.39 is 22.4 Å². The molecule has 1 heterocycles. The Bertz CT molecular complexity index is 499. The van der Waals surface area contributed by atoms with E-state index in [1.54, 1.807) is 0 Å².